The Labute approximate surface area is 201 Å². The van der Waals surface area contributed by atoms with Crippen LogP contribution in [0.15, 0.2) is 97.1 Å². The van der Waals surface area contributed by atoms with Crippen molar-refractivity contribution in [1.29, 1.82) is 0 Å². The van der Waals surface area contributed by atoms with Crippen LogP contribution in [-0.2, 0) is 25.2 Å². The molecule has 0 atom stereocenters. The van der Waals surface area contributed by atoms with Crippen molar-refractivity contribution in [2.75, 3.05) is 0 Å². The summed E-state index contributed by atoms with van der Waals surface area (Å²) in [4.78, 5) is 0. The Morgan fingerprint density at radius 3 is 1.62 bits per heavy atom. The van der Waals surface area contributed by atoms with Crippen LogP contribution in [0, 0.1) is 0 Å². The van der Waals surface area contributed by atoms with Crippen LogP contribution in [0.4, 0.5) is 0 Å². The van der Waals surface area contributed by atoms with E-state index in [0.717, 1.165) is 33.8 Å². The highest BCUT2D eigenvalue weighted by Gasteiger charge is 2.23. The smallest absolute Gasteiger partial charge is 0.119 e. The highest BCUT2D eigenvalue weighted by Crippen LogP contribution is 2.33. The number of aromatic hydroxyl groups is 1. The molecule has 0 amide bonds. The topological polar surface area (TPSA) is 64.7 Å². The highest BCUT2D eigenvalue weighted by molar-refractivity contribution is 5.41. The second-order valence-corrected chi connectivity index (χ2v) is 8.94. The lowest BCUT2D eigenvalue weighted by Crippen LogP contribution is -2.18. The lowest BCUT2D eigenvalue weighted by molar-refractivity contribution is 0.299. The van der Waals surface area contributed by atoms with E-state index in [9.17, 15) is 5.11 Å². The van der Waals surface area contributed by atoms with Crippen LogP contribution in [0.2, 0.25) is 0 Å². The Bertz CT molecular complexity index is 1200. The van der Waals surface area contributed by atoms with Gasteiger partial charge in [-0.1, -0.05) is 68.4 Å². The first-order valence-electron chi connectivity index (χ1n) is 11.5. The maximum absolute atomic E-state index is 9.57. The fourth-order valence-electron chi connectivity index (χ4n) is 3.88. The Kier molecular flexibility index (Phi) is 7.19. The van der Waals surface area contributed by atoms with E-state index < -0.39 is 0 Å². The summed E-state index contributed by atoms with van der Waals surface area (Å²) >= 11 is 0. The van der Waals surface area contributed by atoms with E-state index in [4.69, 9.17) is 15.2 Å². The second-order valence-electron chi connectivity index (χ2n) is 8.94. The van der Waals surface area contributed by atoms with Crippen molar-refractivity contribution in [2.24, 2.45) is 5.73 Å². The van der Waals surface area contributed by atoms with Gasteiger partial charge in [-0.2, -0.15) is 0 Å². The standard InChI is InChI=1S/C30H31NO3/c1-30(2,25-8-12-27(32)13-9-25)26-10-16-29(17-11-26)34-21-24-5-3-4-23(18-24)20-33-28-14-6-22(19-31)7-15-28/h3-18,32H,19-21,31H2,1-2H3. The molecule has 0 heterocycles. The predicted octanol–water partition coefficient (Wildman–Crippen LogP) is 6.33. The molecule has 0 radical (unpaired) electrons. The molecule has 0 unspecified atom stereocenters. The van der Waals surface area contributed by atoms with Gasteiger partial charge in [0, 0.05) is 12.0 Å². The molecule has 4 heteroatoms. The minimum absolute atomic E-state index is 0.175. The summed E-state index contributed by atoms with van der Waals surface area (Å²) < 4.78 is 11.9. The number of hydrogen-bond acceptors (Lipinski definition) is 4. The number of phenols is 1. The molecule has 3 N–H and O–H groups in total. The molecule has 4 aromatic carbocycles. The van der Waals surface area contributed by atoms with E-state index in [1.54, 1.807) is 12.1 Å². The lowest BCUT2D eigenvalue weighted by Gasteiger charge is -2.26. The zero-order valence-electron chi connectivity index (χ0n) is 19.7. The molecule has 174 valence electrons. The van der Waals surface area contributed by atoms with Crippen LogP contribution in [0.25, 0.3) is 0 Å². The summed E-state index contributed by atoms with van der Waals surface area (Å²) in [5, 5.41) is 9.57. The van der Waals surface area contributed by atoms with Crippen molar-refractivity contribution >= 4 is 0 Å². The summed E-state index contributed by atoms with van der Waals surface area (Å²) in [5.41, 5.74) is 11.1. The summed E-state index contributed by atoms with van der Waals surface area (Å²) in [7, 11) is 0. The number of rotatable bonds is 9. The van der Waals surface area contributed by atoms with Gasteiger partial charge in [0.2, 0.25) is 0 Å². The number of ether oxygens (including phenoxy) is 2. The summed E-state index contributed by atoms with van der Waals surface area (Å²) in [6, 6.07) is 31.7. The van der Waals surface area contributed by atoms with E-state index in [2.05, 4.69) is 44.2 Å². The van der Waals surface area contributed by atoms with Crippen molar-refractivity contribution in [1.82, 2.24) is 0 Å². The maximum Gasteiger partial charge on any atom is 0.119 e. The fraction of sp³-hybridized carbons (Fsp3) is 0.200. The molecule has 0 aliphatic rings. The summed E-state index contributed by atoms with van der Waals surface area (Å²) in [6.07, 6.45) is 0. The lowest BCUT2D eigenvalue weighted by atomic mass is 9.78. The van der Waals surface area contributed by atoms with Gasteiger partial charge in [0.1, 0.15) is 30.5 Å². The first kappa shape index (κ1) is 23.4. The first-order valence-corrected chi connectivity index (χ1v) is 11.5. The highest BCUT2D eigenvalue weighted by atomic mass is 16.5. The fourth-order valence-corrected chi connectivity index (χ4v) is 3.88. The Morgan fingerprint density at radius 1 is 0.647 bits per heavy atom. The minimum atomic E-state index is -0.175. The average Bonchev–Trinajstić information content (AvgIpc) is 2.87. The third-order valence-corrected chi connectivity index (χ3v) is 6.13. The number of hydrogen-bond donors (Lipinski definition) is 2. The SMILES string of the molecule is CC(C)(c1ccc(O)cc1)c1ccc(OCc2cccc(COc3ccc(CN)cc3)c2)cc1. The normalized spacial score (nSPS) is 11.3. The van der Waals surface area contributed by atoms with Crippen LogP contribution >= 0.6 is 0 Å². The predicted molar refractivity (Wildman–Crippen MR) is 136 cm³/mol. The zero-order valence-corrected chi connectivity index (χ0v) is 19.7. The summed E-state index contributed by atoms with van der Waals surface area (Å²) in [6.45, 7) is 5.86. The Hall–Kier alpha value is -3.76. The molecular weight excluding hydrogens is 422 g/mol. The van der Waals surface area contributed by atoms with E-state index in [1.165, 1.54) is 5.56 Å². The molecule has 4 nitrogen and oxygen atoms in total. The van der Waals surface area contributed by atoms with Gasteiger partial charge in [0.25, 0.3) is 0 Å². The average molecular weight is 454 g/mol. The zero-order chi connectivity index (χ0) is 24.0. The third kappa shape index (κ3) is 5.77. The van der Waals surface area contributed by atoms with Crippen molar-refractivity contribution < 1.29 is 14.6 Å². The molecule has 0 aromatic heterocycles. The van der Waals surface area contributed by atoms with E-state index in [-0.39, 0.29) is 11.2 Å². The molecule has 4 aromatic rings. The van der Waals surface area contributed by atoms with E-state index >= 15 is 0 Å². The van der Waals surface area contributed by atoms with Crippen molar-refractivity contribution in [3.63, 3.8) is 0 Å². The molecular formula is C30H31NO3. The van der Waals surface area contributed by atoms with Gasteiger partial charge in [-0.15, -0.1) is 0 Å². The molecule has 0 fully saturated rings. The number of benzene rings is 4. The molecule has 0 spiro atoms. The third-order valence-electron chi connectivity index (χ3n) is 6.13. The van der Waals surface area contributed by atoms with Crippen LogP contribution < -0.4 is 15.2 Å². The van der Waals surface area contributed by atoms with Crippen LogP contribution in [0.1, 0.15) is 41.7 Å². The molecule has 0 aliphatic heterocycles. The molecule has 34 heavy (non-hydrogen) atoms. The molecule has 0 saturated carbocycles. The van der Waals surface area contributed by atoms with E-state index in [0.29, 0.717) is 19.8 Å². The van der Waals surface area contributed by atoms with Gasteiger partial charge in [-0.05, 0) is 70.3 Å². The van der Waals surface area contributed by atoms with Crippen LogP contribution in [0.3, 0.4) is 0 Å². The van der Waals surface area contributed by atoms with E-state index in [1.807, 2.05) is 54.6 Å². The van der Waals surface area contributed by atoms with Crippen molar-refractivity contribution in [3.05, 3.63) is 125 Å². The van der Waals surface area contributed by atoms with Crippen LogP contribution in [-0.4, -0.2) is 5.11 Å². The van der Waals surface area contributed by atoms with Gasteiger partial charge in [0.05, 0.1) is 0 Å². The quantitative estimate of drug-likeness (QED) is 0.311. The van der Waals surface area contributed by atoms with Gasteiger partial charge in [0.15, 0.2) is 0 Å². The monoisotopic (exact) mass is 453 g/mol. The van der Waals surface area contributed by atoms with Gasteiger partial charge in [-0.25, -0.2) is 0 Å². The maximum atomic E-state index is 9.57. The Balaban J connectivity index is 1.34. The minimum Gasteiger partial charge on any atom is -0.508 e. The van der Waals surface area contributed by atoms with Gasteiger partial charge >= 0.3 is 0 Å². The second kappa shape index (κ2) is 10.4. The van der Waals surface area contributed by atoms with Crippen molar-refractivity contribution in [3.8, 4) is 17.2 Å². The largest absolute Gasteiger partial charge is 0.508 e. The van der Waals surface area contributed by atoms with Gasteiger partial charge in [-0.3, -0.25) is 0 Å². The van der Waals surface area contributed by atoms with Gasteiger partial charge < -0.3 is 20.3 Å². The molecule has 0 bridgehead atoms. The molecule has 0 aliphatic carbocycles. The summed E-state index contributed by atoms with van der Waals surface area (Å²) in [5.74, 6) is 1.93. The van der Waals surface area contributed by atoms with Crippen LogP contribution in [0.5, 0.6) is 17.2 Å². The Morgan fingerprint density at radius 2 is 1.12 bits per heavy atom. The number of nitrogens with two attached hydrogens (primary N) is 1. The first-order chi connectivity index (χ1) is 16.4. The van der Waals surface area contributed by atoms with Crippen molar-refractivity contribution in [2.45, 2.75) is 39.0 Å². The molecule has 4 rings (SSSR count). The molecule has 0 saturated heterocycles. The number of phenolic OH excluding ortho intramolecular Hbond substituents is 1.